The van der Waals surface area contributed by atoms with Crippen molar-refractivity contribution in [2.24, 2.45) is 0 Å². The summed E-state index contributed by atoms with van der Waals surface area (Å²) in [6.07, 6.45) is 2.93. The highest BCUT2D eigenvalue weighted by atomic mass is 16.5. The van der Waals surface area contributed by atoms with Gasteiger partial charge < -0.3 is 20.3 Å². The first-order chi connectivity index (χ1) is 10.6. The fourth-order valence-corrected chi connectivity index (χ4v) is 1.81. The summed E-state index contributed by atoms with van der Waals surface area (Å²) in [5, 5.41) is 21.3. The molecule has 0 bridgehead atoms. The number of ether oxygens (including phenoxy) is 1. The second-order valence-electron chi connectivity index (χ2n) is 4.65. The molecule has 0 aliphatic carbocycles. The lowest BCUT2D eigenvalue weighted by Crippen LogP contribution is -2.20. The Balaban J connectivity index is 1.89. The van der Waals surface area contributed by atoms with Gasteiger partial charge in [-0.2, -0.15) is 0 Å². The number of carbonyl (C=O) groups excluding carboxylic acids is 1. The van der Waals surface area contributed by atoms with E-state index in [4.69, 9.17) is 4.74 Å². The minimum atomic E-state index is -0.247. The SMILES string of the molecule is COc1ccc(CNC(=O)C=Cc2ccc(O)c(O)c2)cc1. The van der Waals surface area contributed by atoms with Gasteiger partial charge in [-0.1, -0.05) is 18.2 Å². The topological polar surface area (TPSA) is 78.8 Å². The lowest BCUT2D eigenvalue weighted by atomic mass is 10.2. The van der Waals surface area contributed by atoms with Crippen LogP contribution in [0.1, 0.15) is 11.1 Å². The molecule has 3 N–H and O–H groups in total. The van der Waals surface area contributed by atoms with Gasteiger partial charge in [0.05, 0.1) is 7.11 Å². The minimum Gasteiger partial charge on any atom is -0.504 e. The third-order valence-corrected chi connectivity index (χ3v) is 3.05. The van der Waals surface area contributed by atoms with E-state index in [1.165, 1.54) is 18.2 Å². The molecule has 0 aromatic heterocycles. The van der Waals surface area contributed by atoms with Crippen LogP contribution in [0.3, 0.4) is 0 Å². The number of amides is 1. The van der Waals surface area contributed by atoms with Crippen molar-refractivity contribution in [3.05, 3.63) is 59.7 Å². The first-order valence-electron chi connectivity index (χ1n) is 6.69. The average molecular weight is 299 g/mol. The van der Waals surface area contributed by atoms with Crippen molar-refractivity contribution in [1.82, 2.24) is 5.32 Å². The first kappa shape index (κ1) is 15.4. The molecule has 22 heavy (non-hydrogen) atoms. The summed E-state index contributed by atoms with van der Waals surface area (Å²) in [4.78, 5) is 11.7. The third-order valence-electron chi connectivity index (χ3n) is 3.05. The third kappa shape index (κ3) is 4.28. The number of benzene rings is 2. The maximum atomic E-state index is 11.7. The number of nitrogens with one attached hydrogen (secondary N) is 1. The second kappa shape index (κ2) is 7.17. The molecule has 5 heteroatoms. The molecular weight excluding hydrogens is 282 g/mol. The minimum absolute atomic E-state index is 0.193. The lowest BCUT2D eigenvalue weighted by molar-refractivity contribution is -0.116. The Morgan fingerprint density at radius 1 is 1.14 bits per heavy atom. The van der Waals surface area contributed by atoms with E-state index in [0.717, 1.165) is 11.3 Å². The molecule has 0 saturated carbocycles. The Hall–Kier alpha value is -2.95. The summed E-state index contributed by atoms with van der Waals surface area (Å²) >= 11 is 0. The van der Waals surface area contributed by atoms with Crippen LogP contribution in [0.5, 0.6) is 17.2 Å². The zero-order valence-corrected chi connectivity index (χ0v) is 12.1. The van der Waals surface area contributed by atoms with Gasteiger partial charge in [-0.3, -0.25) is 4.79 Å². The lowest BCUT2D eigenvalue weighted by Gasteiger charge is -2.04. The number of rotatable bonds is 5. The van der Waals surface area contributed by atoms with Crippen LogP contribution in [-0.4, -0.2) is 23.2 Å². The van der Waals surface area contributed by atoms with Gasteiger partial charge in [0.15, 0.2) is 11.5 Å². The van der Waals surface area contributed by atoms with Crippen LogP contribution in [0.4, 0.5) is 0 Å². The smallest absolute Gasteiger partial charge is 0.244 e. The van der Waals surface area contributed by atoms with Gasteiger partial charge in [0.2, 0.25) is 5.91 Å². The van der Waals surface area contributed by atoms with Crippen LogP contribution in [0.15, 0.2) is 48.5 Å². The highest BCUT2D eigenvalue weighted by molar-refractivity contribution is 5.91. The number of methoxy groups -OCH3 is 1. The highest BCUT2D eigenvalue weighted by Gasteiger charge is 2.00. The molecule has 0 atom stereocenters. The second-order valence-corrected chi connectivity index (χ2v) is 4.65. The fourth-order valence-electron chi connectivity index (χ4n) is 1.81. The molecule has 5 nitrogen and oxygen atoms in total. The Morgan fingerprint density at radius 3 is 2.50 bits per heavy atom. The zero-order chi connectivity index (χ0) is 15.9. The molecule has 1 amide bonds. The van der Waals surface area contributed by atoms with Gasteiger partial charge in [0.1, 0.15) is 5.75 Å². The van der Waals surface area contributed by atoms with E-state index < -0.39 is 0 Å². The predicted molar refractivity (Wildman–Crippen MR) is 83.6 cm³/mol. The highest BCUT2D eigenvalue weighted by Crippen LogP contribution is 2.25. The molecule has 0 saturated heterocycles. The summed E-state index contributed by atoms with van der Waals surface area (Å²) in [6, 6.07) is 11.8. The van der Waals surface area contributed by atoms with Crippen LogP contribution in [-0.2, 0) is 11.3 Å². The largest absolute Gasteiger partial charge is 0.504 e. The Labute approximate surface area is 128 Å². The number of hydrogen-bond acceptors (Lipinski definition) is 4. The molecular formula is C17H17NO4. The standard InChI is InChI=1S/C17H17NO4/c1-22-14-6-2-13(3-7-14)11-18-17(21)9-5-12-4-8-15(19)16(20)10-12/h2-10,19-20H,11H2,1H3,(H,18,21). The van der Waals surface area contributed by atoms with Crippen molar-refractivity contribution in [3.63, 3.8) is 0 Å². The normalized spacial score (nSPS) is 10.6. The first-order valence-corrected chi connectivity index (χ1v) is 6.69. The molecule has 2 aromatic rings. The molecule has 0 heterocycles. The van der Waals surface area contributed by atoms with Crippen LogP contribution in [0.25, 0.3) is 6.08 Å². The Kier molecular flexibility index (Phi) is 5.03. The Morgan fingerprint density at radius 2 is 1.86 bits per heavy atom. The van der Waals surface area contributed by atoms with Crippen molar-refractivity contribution in [2.75, 3.05) is 7.11 Å². The van der Waals surface area contributed by atoms with Crippen molar-refractivity contribution in [2.45, 2.75) is 6.54 Å². The van der Waals surface area contributed by atoms with E-state index in [9.17, 15) is 15.0 Å². The van der Waals surface area contributed by atoms with Crippen molar-refractivity contribution in [3.8, 4) is 17.2 Å². The summed E-state index contributed by atoms with van der Waals surface area (Å²) in [5.41, 5.74) is 1.58. The molecule has 0 aliphatic rings. The Bertz CT molecular complexity index is 678. The molecule has 0 spiro atoms. The molecule has 0 fully saturated rings. The van der Waals surface area contributed by atoms with Gasteiger partial charge in [-0.25, -0.2) is 0 Å². The number of phenols is 2. The number of hydrogen-bond donors (Lipinski definition) is 3. The van der Waals surface area contributed by atoms with Gasteiger partial charge in [0, 0.05) is 12.6 Å². The number of carbonyl (C=O) groups is 1. The fraction of sp³-hybridized carbons (Fsp3) is 0.118. The molecule has 0 unspecified atom stereocenters. The average Bonchev–Trinajstić information content (AvgIpc) is 2.54. The summed E-state index contributed by atoms with van der Waals surface area (Å²) < 4.78 is 5.06. The predicted octanol–water partition coefficient (Wildman–Crippen LogP) is 2.44. The van der Waals surface area contributed by atoms with Crippen LogP contribution in [0.2, 0.25) is 0 Å². The molecule has 0 aliphatic heterocycles. The number of phenolic OH excluding ortho intramolecular Hbond substituents is 2. The molecule has 2 rings (SSSR count). The zero-order valence-electron chi connectivity index (χ0n) is 12.1. The van der Waals surface area contributed by atoms with E-state index >= 15 is 0 Å². The van der Waals surface area contributed by atoms with Crippen molar-refractivity contribution >= 4 is 12.0 Å². The molecule has 0 radical (unpaired) electrons. The van der Waals surface area contributed by atoms with Crippen LogP contribution in [0, 0.1) is 0 Å². The van der Waals surface area contributed by atoms with E-state index in [1.54, 1.807) is 19.3 Å². The van der Waals surface area contributed by atoms with Gasteiger partial charge in [-0.15, -0.1) is 0 Å². The van der Waals surface area contributed by atoms with Crippen molar-refractivity contribution < 1.29 is 19.7 Å². The monoisotopic (exact) mass is 299 g/mol. The van der Waals surface area contributed by atoms with Gasteiger partial charge in [-0.05, 0) is 41.5 Å². The summed E-state index contributed by atoms with van der Waals surface area (Å²) in [6.45, 7) is 0.411. The summed E-state index contributed by atoms with van der Waals surface area (Å²) in [7, 11) is 1.60. The van der Waals surface area contributed by atoms with Gasteiger partial charge >= 0.3 is 0 Å². The van der Waals surface area contributed by atoms with Crippen LogP contribution < -0.4 is 10.1 Å². The van der Waals surface area contributed by atoms with E-state index in [0.29, 0.717) is 12.1 Å². The quantitative estimate of drug-likeness (QED) is 0.585. The van der Waals surface area contributed by atoms with E-state index in [1.807, 2.05) is 24.3 Å². The van der Waals surface area contributed by atoms with E-state index in [-0.39, 0.29) is 17.4 Å². The number of aromatic hydroxyl groups is 2. The van der Waals surface area contributed by atoms with Gasteiger partial charge in [0.25, 0.3) is 0 Å². The maximum Gasteiger partial charge on any atom is 0.244 e. The van der Waals surface area contributed by atoms with Crippen LogP contribution >= 0.6 is 0 Å². The maximum absolute atomic E-state index is 11.7. The van der Waals surface area contributed by atoms with E-state index in [2.05, 4.69) is 5.32 Å². The molecule has 2 aromatic carbocycles. The summed E-state index contributed by atoms with van der Waals surface area (Å²) in [5.74, 6) is 0.104. The van der Waals surface area contributed by atoms with Crippen molar-refractivity contribution in [1.29, 1.82) is 0 Å². The molecule has 114 valence electrons.